The molecular formula is C9H10F2O9S2. The van der Waals surface area contributed by atoms with E-state index < -0.39 is 67.0 Å². The van der Waals surface area contributed by atoms with E-state index in [2.05, 4.69) is 4.74 Å². The van der Waals surface area contributed by atoms with E-state index in [0.29, 0.717) is 0 Å². The maximum atomic E-state index is 13.2. The van der Waals surface area contributed by atoms with Gasteiger partial charge in [-0.3, -0.25) is 8.74 Å². The largest absolute Gasteiger partial charge is 0.465 e. The third-order valence-corrected chi connectivity index (χ3v) is 6.70. The second-order valence-corrected chi connectivity index (χ2v) is 8.49. The molecule has 22 heavy (non-hydrogen) atoms. The first-order chi connectivity index (χ1) is 9.88. The molecule has 0 aliphatic carbocycles. The second-order valence-electron chi connectivity index (χ2n) is 5.30. The van der Waals surface area contributed by atoms with Crippen molar-refractivity contribution in [2.45, 2.75) is 41.8 Å². The summed E-state index contributed by atoms with van der Waals surface area (Å²) in [6.07, 6.45) is -4.80. The van der Waals surface area contributed by atoms with Crippen molar-refractivity contribution in [2.75, 3.05) is 0 Å². The molecule has 13 heteroatoms. The molecule has 3 aliphatic heterocycles. The van der Waals surface area contributed by atoms with Gasteiger partial charge in [0.15, 0.2) is 6.10 Å². The lowest BCUT2D eigenvalue weighted by Crippen LogP contribution is -2.49. The molecule has 1 N–H and O–H groups in total. The van der Waals surface area contributed by atoms with Gasteiger partial charge in [-0.25, -0.2) is 4.79 Å². The summed E-state index contributed by atoms with van der Waals surface area (Å²) in [7, 11) is -10.00. The molecule has 6 atom stereocenters. The quantitative estimate of drug-likeness (QED) is 0.376. The molecule has 2 bridgehead atoms. The Hall–Kier alpha value is -0.890. The third kappa shape index (κ3) is 1.92. The molecule has 3 rings (SSSR count). The Kier molecular flexibility index (Phi) is 3.16. The summed E-state index contributed by atoms with van der Waals surface area (Å²) in [5, 5.41) is -6.16. The minimum Gasteiger partial charge on any atom is -0.451 e. The molecule has 0 spiro atoms. The fourth-order valence-electron chi connectivity index (χ4n) is 3.07. The van der Waals surface area contributed by atoms with Crippen molar-refractivity contribution in [3.05, 3.63) is 0 Å². The van der Waals surface area contributed by atoms with E-state index in [1.807, 2.05) is 0 Å². The van der Waals surface area contributed by atoms with Gasteiger partial charge in [-0.1, -0.05) is 6.92 Å². The van der Waals surface area contributed by atoms with Gasteiger partial charge in [0.25, 0.3) is 10.1 Å². The van der Waals surface area contributed by atoms with Gasteiger partial charge in [0, 0.05) is 5.92 Å². The molecule has 9 nitrogen and oxygen atoms in total. The van der Waals surface area contributed by atoms with Crippen LogP contribution in [-0.2, 0) is 38.7 Å². The molecule has 3 saturated heterocycles. The van der Waals surface area contributed by atoms with Crippen molar-refractivity contribution in [2.24, 2.45) is 5.92 Å². The average Bonchev–Trinajstić information content (AvgIpc) is 2.90. The lowest BCUT2D eigenvalue weighted by Gasteiger charge is -2.26. The van der Waals surface area contributed by atoms with Crippen molar-refractivity contribution < 1.29 is 48.6 Å². The van der Waals surface area contributed by atoms with Gasteiger partial charge >= 0.3 is 21.3 Å². The van der Waals surface area contributed by atoms with Crippen LogP contribution in [0.4, 0.5) is 8.78 Å². The van der Waals surface area contributed by atoms with Gasteiger partial charge in [-0.2, -0.15) is 25.6 Å². The molecule has 0 aromatic rings. The zero-order chi connectivity index (χ0) is 16.7. The molecule has 0 amide bonds. The number of rotatable bonds is 3. The van der Waals surface area contributed by atoms with Crippen LogP contribution in [0.1, 0.15) is 6.92 Å². The van der Waals surface area contributed by atoms with Crippen LogP contribution >= 0.6 is 0 Å². The second kappa shape index (κ2) is 4.35. The molecule has 0 radical (unpaired) electrons. The number of esters is 1. The third-order valence-electron chi connectivity index (χ3n) is 4.03. The number of hydrogen-bond donors (Lipinski definition) is 1. The van der Waals surface area contributed by atoms with Crippen molar-refractivity contribution in [1.29, 1.82) is 0 Å². The topological polar surface area (TPSA) is 133 Å². The maximum absolute atomic E-state index is 13.2. The van der Waals surface area contributed by atoms with Crippen LogP contribution < -0.4 is 0 Å². The van der Waals surface area contributed by atoms with E-state index in [0.717, 1.165) is 0 Å². The van der Waals surface area contributed by atoms with Crippen molar-refractivity contribution >= 4 is 26.2 Å². The lowest BCUT2D eigenvalue weighted by molar-refractivity contribution is -0.173. The molecule has 0 saturated carbocycles. The highest BCUT2D eigenvalue weighted by atomic mass is 32.2. The fourth-order valence-corrected chi connectivity index (χ4v) is 5.22. The molecule has 126 valence electrons. The Labute approximate surface area is 123 Å². The van der Waals surface area contributed by atoms with E-state index in [4.69, 9.17) is 13.5 Å². The number of ether oxygens (including phenoxy) is 2. The summed E-state index contributed by atoms with van der Waals surface area (Å²) in [4.78, 5) is 11.3. The standard InChI is InChI=1S/C9H10F2O9S2/c1-2-3-4(19-8(12)9(10,11)22(15,16)17)5-6(18-3)7(2)21(13,14)20-5/h2-7H,1H3,(H,15,16,17). The molecule has 3 aliphatic rings. The molecular weight excluding hydrogens is 354 g/mol. The lowest BCUT2D eigenvalue weighted by atomic mass is 9.86. The van der Waals surface area contributed by atoms with Crippen LogP contribution in [0, 0.1) is 5.92 Å². The Morgan fingerprint density at radius 1 is 1.27 bits per heavy atom. The number of carbonyl (C=O) groups excluding carboxylic acids is 1. The van der Waals surface area contributed by atoms with E-state index in [1.54, 1.807) is 0 Å². The van der Waals surface area contributed by atoms with Crippen LogP contribution in [0.25, 0.3) is 0 Å². The maximum Gasteiger partial charge on any atom is 0.465 e. The van der Waals surface area contributed by atoms with Gasteiger partial charge in [0.1, 0.15) is 23.6 Å². The summed E-state index contributed by atoms with van der Waals surface area (Å²) in [6.45, 7) is 1.46. The highest BCUT2D eigenvalue weighted by Gasteiger charge is 2.71. The molecule has 0 aromatic carbocycles. The summed E-state index contributed by atoms with van der Waals surface area (Å²) >= 11 is 0. The van der Waals surface area contributed by atoms with Crippen LogP contribution in [0.15, 0.2) is 0 Å². The highest BCUT2D eigenvalue weighted by molar-refractivity contribution is 7.88. The van der Waals surface area contributed by atoms with Crippen LogP contribution in [0.5, 0.6) is 0 Å². The summed E-state index contributed by atoms with van der Waals surface area (Å²) < 4.78 is 93.6. The normalized spacial score (nSPS) is 42.5. The van der Waals surface area contributed by atoms with Crippen LogP contribution in [0.3, 0.4) is 0 Å². The van der Waals surface area contributed by atoms with Crippen molar-refractivity contribution in [3.63, 3.8) is 0 Å². The zero-order valence-corrected chi connectivity index (χ0v) is 12.4. The number of hydrogen-bond acceptors (Lipinski definition) is 8. The van der Waals surface area contributed by atoms with Gasteiger partial charge in [-0.15, -0.1) is 0 Å². The first-order valence-corrected chi connectivity index (χ1v) is 8.92. The SMILES string of the molecule is CC1C2OC3C(OS(=O)(=O)C13)C2OC(=O)C(F)(F)S(=O)(=O)O. The predicted molar refractivity (Wildman–Crippen MR) is 61.8 cm³/mol. The van der Waals surface area contributed by atoms with Gasteiger partial charge in [-0.05, 0) is 0 Å². The highest BCUT2D eigenvalue weighted by Crippen LogP contribution is 2.51. The Bertz CT molecular complexity index is 730. The zero-order valence-electron chi connectivity index (χ0n) is 10.7. The average molecular weight is 364 g/mol. The van der Waals surface area contributed by atoms with E-state index >= 15 is 0 Å². The number of halogens is 2. The van der Waals surface area contributed by atoms with Crippen LogP contribution in [0.2, 0.25) is 0 Å². The Balaban J connectivity index is 1.86. The van der Waals surface area contributed by atoms with Gasteiger partial charge in [0.2, 0.25) is 0 Å². The Morgan fingerprint density at radius 2 is 1.86 bits per heavy atom. The summed E-state index contributed by atoms with van der Waals surface area (Å²) in [5.41, 5.74) is 0. The number of carbonyl (C=O) groups is 1. The smallest absolute Gasteiger partial charge is 0.451 e. The first-order valence-electron chi connectivity index (χ1n) is 6.01. The van der Waals surface area contributed by atoms with E-state index in [1.165, 1.54) is 6.92 Å². The minimum absolute atomic E-state index is 0.689. The summed E-state index contributed by atoms with van der Waals surface area (Å²) in [6, 6.07) is 0. The van der Waals surface area contributed by atoms with E-state index in [9.17, 15) is 30.4 Å². The fraction of sp³-hybridized carbons (Fsp3) is 0.889. The first kappa shape index (κ1) is 16.0. The molecule has 0 aromatic heterocycles. The van der Waals surface area contributed by atoms with Crippen molar-refractivity contribution in [3.8, 4) is 0 Å². The van der Waals surface area contributed by atoms with Crippen molar-refractivity contribution in [1.82, 2.24) is 0 Å². The summed E-state index contributed by atoms with van der Waals surface area (Å²) in [5.74, 6) is -3.21. The van der Waals surface area contributed by atoms with Gasteiger partial charge in [0.05, 0.1) is 0 Å². The number of alkyl halides is 2. The molecule has 6 unspecified atom stereocenters. The monoisotopic (exact) mass is 364 g/mol. The number of fused-ring (bicyclic) bond motifs is 1. The minimum atomic E-state index is -6.01. The molecule has 3 heterocycles. The predicted octanol–water partition coefficient (Wildman–Crippen LogP) is -1.11. The molecule has 3 fully saturated rings. The van der Waals surface area contributed by atoms with Gasteiger partial charge < -0.3 is 9.47 Å². The van der Waals surface area contributed by atoms with Crippen LogP contribution in [-0.4, -0.2) is 62.3 Å². The Morgan fingerprint density at radius 3 is 2.41 bits per heavy atom. The van der Waals surface area contributed by atoms with E-state index in [-0.39, 0.29) is 0 Å².